The van der Waals surface area contributed by atoms with Crippen molar-refractivity contribution >= 4 is 17.7 Å². The van der Waals surface area contributed by atoms with Gasteiger partial charge in [-0.05, 0) is 29.0 Å². The van der Waals surface area contributed by atoms with Crippen molar-refractivity contribution in [1.29, 1.82) is 0 Å². The van der Waals surface area contributed by atoms with Gasteiger partial charge in [0.2, 0.25) is 17.7 Å². The van der Waals surface area contributed by atoms with Gasteiger partial charge in [-0.25, -0.2) is 4.39 Å². The first-order chi connectivity index (χ1) is 16.3. The molecule has 3 amide bonds. The third-order valence-electron chi connectivity index (χ3n) is 6.97. The highest BCUT2D eigenvalue weighted by atomic mass is 19.1. The van der Waals surface area contributed by atoms with Gasteiger partial charge < -0.3 is 15.1 Å². The first-order valence-corrected chi connectivity index (χ1v) is 11.9. The molecule has 2 aliphatic heterocycles. The minimum Gasteiger partial charge on any atom is -0.343 e. The zero-order chi connectivity index (χ0) is 24.4. The van der Waals surface area contributed by atoms with E-state index in [0.29, 0.717) is 18.8 Å². The van der Waals surface area contributed by atoms with Gasteiger partial charge in [-0.3, -0.25) is 14.4 Å². The molecule has 6 nitrogen and oxygen atoms in total. The molecule has 2 aromatic rings. The van der Waals surface area contributed by atoms with Gasteiger partial charge in [-0.2, -0.15) is 0 Å². The number of benzene rings is 2. The Morgan fingerprint density at radius 3 is 2.18 bits per heavy atom. The fourth-order valence-corrected chi connectivity index (χ4v) is 4.88. The van der Waals surface area contributed by atoms with Gasteiger partial charge in [0.15, 0.2) is 0 Å². The topological polar surface area (TPSA) is 69.7 Å². The number of likely N-dealkylation sites (N-methyl/N-ethyl adjacent to an activating group) is 1. The lowest BCUT2D eigenvalue weighted by molar-refractivity contribution is -0.144. The number of likely N-dealkylation sites (tertiary alicyclic amines) is 2. The molecule has 1 N–H and O–H groups in total. The van der Waals surface area contributed by atoms with E-state index >= 15 is 0 Å². The molecule has 4 atom stereocenters. The maximum Gasteiger partial charge on any atom is 0.246 e. The molecule has 0 radical (unpaired) electrons. The third kappa shape index (κ3) is 4.83. The predicted molar refractivity (Wildman–Crippen MR) is 128 cm³/mol. The molecule has 0 bridgehead atoms. The lowest BCUT2D eigenvalue weighted by Crippen LogP contribution is -2.52. The van der Waals surface area contributed by atoms with Crippen LogP contribution in [-0.4, -0.2) is 59.4 Å². The Hall–Kier alpha value is -3.22. The van der Waals surface area contributed by atoms with Gasteiger partial charge in [-0.15, -0.1) is 0 Å². The Kier molecular flexibility index (Phi) is 7.00. The van der Waals surface area contributed by atoms with Crippen LogP contribution in [0, 0.1) is 0 Å². The van der Waals surface area contributed by atoms with Gasteiger partial charge in [0.1, 0.15) is 18.3 Å². The number of carbonyl (C=O) groups excluding carboxylic acids is 3. The first-order valence-electron chi connectivity index (χ1n) is 11.9. The highest BCUT2D eigenvalue weighted by Crippen LogP contribution is 2.29. The molecule has 2 aromatic carbocycles. The average molecular weight is 466 g/mol. The lowest BCUT2D eigenvalue weighted by Gasteiger charge is -2.30. The molecule has 7 heteroatoms. The second-order valence-electron chi connectivity index (χ2n) is 9.57. The quantitative estimate of drug-likeness (QED) is 0.709. The van der Waals surface area contributed by atoms with E-state index in [9.17, 15) is 18.8 Å². The summed E-state index contributed by atoms with van der Waals surface area (Å²) in [7, 11) is 1.59. The molecule has 2 heterocycles. The van der Waals surface area contributed by atoms with Gasteiger partial charge in [0.05, 0.1) is 12.6 Å². The molecule has 2 aliphatic rings. The maximum absolute atomic E-state index is 14.5. The van der Waals surface area contributed by atoms with E-state index in [2.05, 4.69) is 31.3 Å². The van der Waals surface area contributed by atoms with E-state index in [4.69, 9.17) is 0 Å². The normalized spacial score (nSPS) is 23.4. The van der Waals surface area contributed by atoms with Gasteiger partial charge in [0, 0.05) is 19.9 Å². The number of rotatable bonds is 6. The summed E-state index contributed by atoms with van der Waals surface area (Å²) in [5.41, 5.74) is 3.02. The van der Waals surface area contributed by atoms with Crippen LogP contribution < -0.4 is 5.32 Å². The molecule has 2 fully saturated rings. The molecule has 34 heavy (non-hydrogen) atoms. The summed E-state index contributed by atoms with van der Waals surface area (Å²) in [5, 5.41) is 3.08. The van der Waals surface area contributed by atoms with Crippen molar-refractivity contribution in [3.05, 3.63) is 71.3 Å². The molecule has 0 saturated carbocycles. The third-order valence-corrected chi connectivity index (χ3v) is 6.97. The van der Waals surface area contributed by atoms with Gasteiger partial charge in [-0.1, -0.05) is 68.4 Å². The van der Waals surface area contributed by atoms with E-state index in [-0.39, 0.29) is 30.7 Å². The average Bonchev–Trinajstić information content (AvgIpc) is 3.39. The van der Waals surface area contributed by atoms with E-state index in [1.807, 2.05) is 42.5 Å². The van der Waals surface area contributed by atoms with Crippen molar-refractivity contribution in [1.82, 2.24) is 15.1 Å². The Bertz CT molecular complexity index is 1040. The van der Waals surface area contributed by atoms with Crippen molar-refractivity contribution in [2.24, 2.45) is 0 Å². The van der Waals surface area contributed by atoms with Crippen LogP contribution in [0.15, 0.2) is 54.6 Å². The summed E-state index contributed by atoms with van der Waals surface area (Å²) in [6, 6.07) is 15.7. The number of amides is 3. The van der Waals surface area contributed by atoms with Crippen LogP contribution in [0.25, 0.3) is 0 Å². The summed E-state index contributed by atoms with van der Waals surface area (Å²) in [6.07, 6.45) is -0.637. The zero-order valence-electron chi connectivity index (χ0n) is 19.9. The number of halogens is 1. The second-order valence-corrected chi connectivity index (χ2v) is 9.57. The molecule has 0 unspecified atom stereocenters. The molecule has 0 spiro atoms. The zero-order valence-corrected chi connectivity index (χ0v) is 19.9. The molecule has 0 aliphatic carbocycles. The Balaban J connectivity index is 1.57. The SMILES string of the molecule is CC(C)c1ccc([C@@H](NC(=O)[C@@H]2C[C@@H](F)CN2C(=O)[C@@H]2CCC(=O)N2C)c2ccccc2)cc1. The summed E-state index contributed by atoms with van der Waals surface area (Å²) < 4.78 is 14.5. The maximum atomic E-state index is 14.5. The first kappa shape index (κ1) is 23.9. The second kappa shape index (κ2) is 9.95. The van der Waals surface area contributed by atoms with Crippen LogP contribution in [0.2, 0.25) is 0 Å². The van der Waals surface area contributed by atoms with Crippen LogP contribution in [0.3, 0.4) is 0 Å². The number of carbonyl (C=O) groups is 3. The summed E-state index contributed by atoms with van der Waals surface area (Å²) in [5.74, 6) is -0.461. The number of nitrogens with one attached hydrogen (secondary N) is 1. The van der Waals surface area contributed by atoms with E-state index in [1.165, 1.54) is 15.4 Å². The molecular weight excluding hydrogens is 433 g/mol. The highest BCUT2D eigenvalue weighted by molar-refractivity contribution is 5.94. The molecule has 2 saturated heterocycles. The number of hydrogen-bond acceptors (Lipinski definition) is 3. The van der Waals surface area contributed by atoms with Crippen molar-refractivity contribution in [2.75, 3.05) is 13.6 Å². The van der Waals surface area contributed by atoms with Crippen molar-refractivity contribution in [3.8, 4) is 0 Å². The Labute approximate surface area is 200 Å². The Morgan fingerprint density at radius 2 is 1.59 bits per heavy atom. The predicted octanol–water partition coefficient (Wildman–Crippen LogP) is 3.58. The van der Waals surface area contributed by atoms with Crippen LogP contribution in [0.5, 0.6) is 0 Å². The minimum atomic E-state index is -1.28. The monoisotopic (exact) mass is 465 g/mol. The van der Waals surface area contributed by atoms with E-state index in [0.717, 1.165) is 11.1 Å². The van der Waals surface area contributed by atoms with Crippen LogP contribution in [0.4, 0.5) is 4.39 Å². The van der Waals surface area contributed by atoms with Crippen LogP contribution in [-0.2, 0) is 14.4 Å². The molecule has 4 rings (SSSR count). The smallest absolute Gasteiger partial charge is 0.246 e. The molecule has 180 valence electrons. The van der Waals surface area contributed by atoms with E-state index < -0.39 is 24.3 Å². The molecular formula is C27H32FN3O3. The van der Waals surface area contributed by atoms with E-state index in [1.54, 1.807) is 7.05 Å². The fraction of sp³-hybridized carbons (Fsp3) is 0.444. The summed E-state index contributed by atoms with van der Waals surface area (Å²) in [6.45, 7) is 4.12. The van der Waals surface area contributed by atoms with Crippen LogP contribution in [0.1, 0.15) is 61.8 Å². The summed E-state index contributed by atoms with van der Waals surface area (Å²) in [4.78, 5) is 41.3. The van der Waals surface area contributed by atoms with Gasteiger partial charge >= 0.3 is 0 Å². The minimum absolute atomic E-state index is 0.0459. The van der Waals surface area contributed by atoms with Crippen molar-refractivity contribution in [2.45, 2.75) is 63.3 Å². The summed E-state index contributed by atoms with van der Waals surface area (Å²) >= 11 is 0. The van der Waals surface area contributed by atoms with Gasteiger partial charge in [0.25, 0.3) is 0 Å². The Morgan fingerprint density at radius 1 is 0.971 bits per heavy atom. The number of hydrogen-bond donors (Lipinski definition) is 1. The highest BCUT2D eigenvalue weighted by Gasteiger charge is 2.45. The van der Waals surface area contributed by atoms with Crippen molar-refractivity contribution in [3.63, 3.8) is 0 Å². The standard InChI is InChI=1S/C27H32FN3O3/c1-17(2)18-9-11-20(12-10-18)25(19-7-5-4-6-8-19)29-26(33)23-15-21(28)16-31(23)27(34)22-13-14-24(32)30(22)3/h4-12,17,21-23,25H,13-16H2,1-3H3,(H,29,33)/t21-,22+,23+,25+/m1/s1. The van der Waals surface area contributed by atoms with Crippen molar-refractivity contribution < 1.29 is 18.8 Å². The lowest BCUT2D eigenvalue weighted by atomic mass is 9.95. The number of nitrogens with zero attached hydrogens (tertiary/aromatic N) is 2. The van der Waals surface area contributed by atoms with Crippen LogP contribution >= 0.6 is 0 Å². The number of alkyl halides is 1. The molecule has 0 aromatic heterocycles. The largest absolute Gasteiger partial charge is 0.343 e. The fourth-order valence-electron chi connectivity index (χ4n) is 4.88.